The third-order valence-electron chi connectivity index (χ3n) is 4.39. The van der Waals surface area contributed by atoms with Gasteiger partial charge in [-0.25, -0.2) is 0 Å². The van der Waals surface area contributed by atoms with Crippen LogP contribution < -0.4 is 113 Å². The molecule has 0 unspecified atom stereocenters. The molecule has 0 atom stereocenters. The molecule has 4 heteroatoms. The molecule has 130 valence electrons. The van der Waals surface area contributed by atoms with E-state index in [1.54, 1.807) is 4.90 Å². The van der Waals surface area contributed by atoms with E-state index in [0.717, 1.165) is 11.0 Å². The van der Waals surface area contributed by atoms with E-state index in [0.29, 0.717) is 0 Å². The number of fused-ring (bicyclic) bond motifs is 3. The van der Waals surface area contributed by atoms with Gasteiger partial charge in [-0.15, -0.1) is 23.9 Å². The Bertz CT molecular complexity index is 718. The van der Waals surface area contributed by atoms with Crippen molar-refractivity contribution in [2.75, 3.05) is 20.1 Å². The van der Waals surface area contributed by atoms with Crippen LogP contribution in [0.15, 0.2) is 36.4 Å². The Labute approximate surface area is 244 Å². The van der Waals surface area contributed by atoms with E-state index in [2.05, 4.69) is 68.7 Å². The van der Waals surface area contributed by atoms with E-state index in [4.69, 9.17) is 0 Å². The Kier molecular flexibility index (Phi) is 15.3. The third-order valence-corrected chi connectivity index (χ3v) is 4.39. The van der Waals surface area contributed by atoms with Gasteiger partial charge in [0.05, 0.1) is 7.05 Å². The van der Waals surface area contributed by atoms with Gasteiger partial charge in [0.1, 0.15) is 0 Å². The van der Waals surface area contributed by atoms with Crippen LogP contribution in [-0.2, 0) is 0 Å². The number of rotatable bonds is 0. The molecule has 1 aromatic heterocycles. The summed E-state index contributed by atoms with van der Waals surface area (Å²) in [7, 11) is 2.26. The van der Waals surface area contributed by atoms with Crippen LogP contribution in [0.5, 0.6) is 0 Å². The molecule has 0 aliphatic carbocycles. The summed E-state index contributed by atoms with van der Waals surface area (Å²) in [6.07, 6.45) is 5.03. The van der Waals surface area contributed by atoms with Gasteiger partial charge in [-0.1, -0.05) is 61.4 Å². The second-order valence-corrected chi connectivity index (χ2v) is 6.48. The van der Waals surface area contributed by atoms with Crippen LogP contribution in [-0.4, -0.2) is 20.1 Å². The summed E-state index contributed by atoms with van der Waals surface area (Å²) in [6.45, 7) is 10.9. The first-order chi connectivity index (χ1) is 11.6. The summed E-state index contributed by atoms with van der Waals surface area (Å²) in [5.41, 5.74) is 4.78. The fourth-order valence-corrected chi connectivity index (χ4v) is 3.02. The predicted molar refractivity (Wildman–Crippen MR) is 106 cm³/mol. The molecule has 0 amide bonds. The number of likely N-dealkylation sites (tertiary alicyclic amines) is 1. The van der Waals surface area contributed by atoms with Gasteiger partial charge in [-0.2, -0.15) is 0 Å². The Morgan fingerprint density at radius 1 is 0.808 bits per heavy atom. The molecule has 0 saturated carbocycles. The van der Waals surface area contributed by atoms with Gasteiger partial charge in [0, 0.05) is 13.1 Å². The summed E-state index contributed by atoms with van der Waals surface area (Å²) >= 11 is 0. The van der Waals surface area contributed by atoms with Crippen molar-refractivity contribution in [3.8, 4) is 0 Å². The molecule has 2 aromatic carbocycles. The molecule has 1 aliphatic heterocycles. The first kappa shape index (κ1) is 27.5. The van der Waals surface area contributed by atoms with E-state index in [-0.39, 0.29) is 103 Å². The molecule has 1 fully saturated rings. The maximum absolute atomic E-state index is 4.60. The smallest absolute Gasteiger partial charge is 0.657 e. The average molecular weight is 402 g/mol. The maximum Gasteiger partial charge on any atom is 1.00 e. The van der Waals surface area contributed by atoms with Crippen molar-refractivity contribution >= 4 is 21.8 Å². The average Bonchev–Trinajstić information content (AvgIpc) is 2.95. The number of nitrogens with zero attached hydrogens (tertiary/aromatic N) is 1. The summed E-state index contributed by atoms with van der Waals surface area (Å²) in [5, 5.41) is 2.54. The minimum atomic E-state index is 0. The number of aromatic nitrogens is 1. The van der Waals surface area contributed by atoms with Crippen molar-refractivity contribution in [1.29, 1.82) is 0 Å². The van der Waals surface area contributed by atoms with Crippen molar-refractivity contribution in [2.24, 2.45) is 0 Å². The molecule has 0 bridgehead atoms. The number of benzene rings is 2. The van der Waals surface area contributed by atoms with Crippen LogP contribution in [0, 0.1) is 20.3 Å². The maximum atomic E-state index is 4.60. The van der Waals surface area contributed by atoms with Crippen LogP contribution >= 0.6 is 0 Å². The largest absolute Gasteiger partial charge is 1.00 e. The van der Waals surface area contributed by atoms with Crippen LogP contribution in [0.1, 0.15) is 37.8 Å². The number of aryl methyl sites for hydroxylation is 2. The molecule has 1 aliphatic rings. The number of nitrogens with one attached hydrogen (secondary N) is 1. The second kappa shape index (κ2) is 14.5. The van der Waals surface area contributed by atoms with E-state index < -0.39 is 0 Å². The zero-order valence-electron chi connectivity index (χ0n) is 17.8. The van der Waals surface area contributed by atoms with Gasteiger partial charge in [0.15, 0.2) is 0 Å². The summed E-state index contributed by atoms with van der Waals surface area (Å²) < 4.78 is 0. The molecular weight excluding hydrogens is 370 g/mol. The molecule has 1 N–H and O–H groups in total. The van der Waals surface area contributed by atoms with Crippen molar-refractivity contribution in [3.63, 3.8) is 0 Å². The van der Waals surface area contributed by atoms with Gasteiger partial charge in [-0.05, 0) is 24.6 Å². The normalized spacial score (nSPS) is 13.6. The molecule has 4 rings (SSSR count). The SMILES string of the molecule is CC.C[NH+]1CC[CH-]CC1.Cc1ccc2[n-]c3ccc(C)cc3c2c1.[K+].[K+]. The molecule has 1 saturated heterocycles. The monoisotopic (exact) mass is 401 g/mol. The van der Waals surface area contributed by atoms with Crippen LogP contribution in [0.25, 0.3) is 21.8 Å². The summed E-state index contributed by atoms with van der Waals surface area (Å²) in [4.78, 5) is 6.28. The quantitative estimate of drug-likeness (QED) is 0.344. The fraction of sp³-hybridized carbons (Fsp3) is 0.409. The Balaban J connectivity index is 0.000000489. The summed E-state index contributed by atoms with van der Waals surface area (Å²) in [6, 6.07) is 12.8. The Morgan fingerprint density at radius 3 is 1.58 bits per heavy atom. The minimum Gasteiger partial charge on any atom is -0.657 e. The van der Waals surface area contributed by atoms with Gasteiger partial charge >= 0.3 is 103 Å². The molecular formula is C22H31K2N2+. The Hall–Kier alpha value is 1.47. The number of piperidine rings is 1. The van der Waals surface area contributed by atoms with Crippen molar-refractivity contribution in [2.45, 2.75) is 40.5 Å². The van der Waals surface area contributed by atoms with Gasteiger partial charge in [0.2, 0.25) is 0 Å². The topological polar surface area (TPSA) is 18.5 Å². The zero-order valence-corrected chi connectivity index (χ0v) is 24.1. The van der Waals surface area contributed by atoms with Crippen LogP contribution in [0.2, 0.25) is 0 Å². The van der Waals surface area contributed by atoms with Gasteiger partial charge in [-0.3, -0.25) is 0 Å². The van der Waals surface area contributed by atoms with Gasteiger partial charge in [0.25, 0.3) is 0 Å². The number of hydrogen-bond acceptors (Lipinski definition) is 0. The van der Waals surface area contributed by atoms with Crippen LogP contribution in [0.4, 0.5) is 0 Å². The Morgan fingerprint density at radius 2 is 1.23 bits per heavy atom. The van der Waals surface area contributed by atoms with E-state index in [1.807, 2.05) is 13.8 Å². The third kappa shape index (κ3) is 8.07. The molecule has 2 heterocycles. The molecule has 3 aromatic rings. The summed E-state index contributed by atoms with van der Waals surface area (Å²) in [5.74, 6) is 0. The van der Waals surface area contributed by atoms with E-state index in [9.17, 15) is 0 Å². The molecule has 0 spiro atoms. The second-order valence-electron chi connectivity index (χ2n) is 6.48. The van der Waals surface area contributed by atoms with Gasteiger partial charge < -0.3 is 16.3 Å². The molecule has 26 heavy (non-hydrogen) atoms. The zero-order chi connectivity index (χ0) is 17.5. The molecule has 0 radical (unpaired) electrons. The standard InChI is InChI=1S/C14H12N.C6H12N.C2H6.2K/c1-9-3-5-13-11(7-9)12-8-10(2)4-6-14(12)15-13;1-7-5-3-2-4-6-7;1-2;;/h3-8H,1-2H3;2H,3-6H2,1H3;1-2H3;;/q2*-1;;2*+1/p+1. The molecule has 2 nitrogen and oxygen atoms in total. The van der Waals surface area contributed by atoms with Crippen molar-refractivity contribution in [3.05, 3.63) is 53.9 Å². The number of hydrogen-bond donors (Lipinski definition) is 1. The number of quaternary nitrogens is 1. The first-order valence-electron chi connectivity index (χ1n) is 9.20. The van der Waals surface area contributed by atoms with Crippen molar-refractivity contribution in [1.82, 2.24) is 4.98 Å². The fourth-order valence-electron chi connectivity index (χ4n) is 3.02. The minimum absolute atomic E-state index is 0. The van der Waals surface area contributed by atoms with E-state index >= 15 is 0 Å². The van der Waals surface area contributed by atoms with Crippen molar-refractivity contribution < 1.29 is 108 Å². The van der Waals surface area contributed by atoms with E-state index in [1.165, 1.54) is 47.8 Å². The first-order valence-corrected chi connectivity index (χ1v) is 9.20. The predicted octanol–water partition coefficient (Wildman–Crippen LogP) is -1.90. The van der Waals surface area contributed by atoms with Crippen LogP contribution in [0.3, 0.4) is 0 Å².